The maximum Gasteiger partial charge on any atom is 0.217 e. The van der Waals surface area contributed by atoms with Gasteiger partial charge in [0.15, 0.2) is 0 Å². The van der Waals surface area contributed by atoms with Gasteiger partial charge in [-0.25, -0.2) is 0 Å². The van der Waals surface area contributed by atoms with Crippen LogP contribution in [0.3, 0.4) is 0 Å². The lowest BCUT2D eigenvalue weighted by molar-refractivity contribution is -0.119. The molecule has 2 aromatic rings. The quantitative estimate of drug-likeness (QED) is 0.493. The van der Waals surface area contributed by atoms with Crippen LogP contribution in [-0.2, 0) is 4.79 Å². The zero-order chi connectivity index (χ0) is 22.1. The molecule has 0 spiro atoms. The van der Waals surface area contributed by atoms with Gasteiger partial charge in [-0.1, -0.05) is 6.07 Å². The molecule has 0 aromatic heterocycles. The second-order valence-corrected chi connectivity index (χ2v) is 7.97. The van der Waals surface area contributed by atoms with E-state index in [1.165, 1.54) is 19.8 Å². The number of benzene rings is 2. The number of aliphatic imine (C=N–C) groups is 1. The maximum absolute atomic E-state index is 11.1. The summed E-state index contributed by atoms with van der Waals surface area (Å²) in [4.78, 5) is 15.6. The predicted octanol–water partition coefficient (Wildman–Crippen LogP) is 5.12. The van der Waals surface area contributed by atoms with E-state index in [1.807, 2.05) is 55.5 Å². The number of hydrogen-bond donors (Lipinski definition) is 2. The third kappa shape index (κ3) is 8.16. The Labute approximate surface area is 184 Å². The Balaban J connectivity index is 1.51. The molecule has 0 bridgehead atoms. The molecule has 1 saturated carbocycles. The number of amides is 1. The highest BCUT2D eigenvalue weighted by Gasteiger charge is 2.21. The summed E-state index contributed by atoms with van der Waals surface area (Å²) < 4.78 is 11.8. The van der Waals surface area contributed by atoms with Gasteiger partial charge < -0.3 is 20.5 Å². The molecule has 3 N–H and O–H groups in total. The van der Waals surface area contributed by atoms with Gasteiger partial charge in [0.25, 0.3) is 0 Å². The van der Waals surface area contributed by atoms with Crippen LogP contribution < -0.4 is 20.5 Å². The van der Waals surface area contributed by atoms with Gasteiger partial charge in [0, 0.05) is 25.2 Å². The molecular weight excluding hydrogens is 390 g/mol. The maximum atomic E-state index is 11.1. The summed E-state index contributed by atoms with van der Waals surface area (Å²) in [5.41, 5.74) is 7.44. The summed E-state index contributed by atoms with van der Waals surface area (Å²) in [6.07, 6.45) is 7.39. The minimum absolute atomic E-state index is 0.0285. The second kappa shape index (κ2) is 11.2. The van der Waals surface area contributed by atoms with E-state index in [0.29, 0.717) is 5.92 Å². The van der Waals surface area contributed by atoms with Crippen LogP contribution in [-0.4, -0.2) is 24.8 Å². The Bertz CT molecular complexity index is 918. The van der Waals surface area contributed by atoms with Gasteiger partial charge in [-0.3, -0.25) is 9.79 Å². The average Bonchev–Trinajstić information content (AvgIpc) is 3.58. The van der Waals surface area contributed by atoms with Crippen molar-refractivity contribution in [2.75, 3.05) is 6.61 Å². The largest absolute Gasteiger partial charge is 0.493 e. The fourth-order valence-electron chi connectivity index (χ4n) is 3.01. The Kier molecular flexibility index (Phi) is 8.10. The molecule has 164 valence electrons. The molecule has 6 heteroatoms. The number of rotatable bonds is 11. The van der Waals surface area contributed by atoms with Gasteiger partial charge in [-0.15, -0.1) is 0 Å². The molecule has 1 unspecified atom stereocenters. The number of nitrogens with one attached hydrogen (secondary N) is 1. The summed E-state index contributed by atoms with van der Waals surface area (Å²) in [5, 5.41) is 2.87. The summed E-state index contributed by atoms with van der Waals surface area (Å²) in [5.74, 6) is 3.00. The van der Waals surface area contributed by atoms with Crippen LogP contribution >= 0.6 is 0 Å². The minimum Gasteiger partial charge on any atom is -0.493 e. The van der Waals surface area contributed by atoms with Gasteiger partial charge in [0.2, 0.25) is 5.91 Å². The van der Waals surface area contributed by atoms with Crippen LogP contribution in [0.15, 0.2) is 65.3 Å². The van der Waals surface area contributed by atoms with E-state index in [-0.39, 0.29) is 11.9 Å². The predicted molar refractivity (Wildman–Crippen MR) is 124 cm³/mol. The minimum atomic E-state index is -0.0285. The number of ether oxygens (including phenoxy) is 2. The average molecular weight is 422 g/mol. The second-order valence-electron chi connectivity index (χ2n) is 7.97. The molecule has 3 rings (SSSR count). The molecule has 0 radical (unpaired) electrons. The van der Waals surface area contributed by atoms with E-state index < -0.39 is 0 Å². The van der Waals surface area contributed by atoms with Crippen LogP contribution in [0.25, 0.3) is 0 Å². The van der Waals surface area contributed by atoms with Crippen molar-refractivity contribution in [3.05, 3.63) is 60.3 Å². The summed E-state index contributed by atoms with van der Waals surface area (Å²) in [7, 11) is 0. The Hall–Kier alpha value is -3.28. The smallest absolute Gasteiger partial charge is 0.217 e. The number of carbonyl (C=O) groups excluding carboxylic acids is 1. The molecule has 0 aliphatic heterocycles. The molecule has 1 amide bonds. The molecule has 6 nitrogen and oxygen atoms in total. The van der Waals surface area contributed by atoms with E-state index in [1.54, 1.807) is 12.4 Å². The van der Waals surface area contributed by atoms with Crippen LogP contribution in [0.2, 0.25) is 0 Å². The van der Waals surface area contributed by atoms with Crippen molar-refractivity contribution < 1.29 is 14.3 Å². The molecule has 1 aliphatic carbocycles. The van der Waals surface area contributed by atoms with Crippen molar-refractivity contribution in [3.63, 3.8) is 0 Å². The highest BCUT2D eigenvalue weighted by atomic mass is 16.5. The molecule has 0 heterocycles. The van der Waals surface area contributed by atoms with E-state index in [2.05, 4.69) is 10.3 Å². The van der Waals surface area contributed by atoms with E-state index in [9.17, 15) is 4.79 Å². The standard InChI is InChI=1S/C25H31N3O3/c1-18(28-19(2)29)6-7-21(15-26)16-27-22-10-12-23(13-11-22)31-25-5-3-4-24(14-25)30-17-20-8-9-20/h3-5,10-16,18,20H,6-9,17,26H2,1-2H3,(H,28,29). The first-order valence-corrected chi connectivity index (χ1v) is 10.7. The molecule has 1 fully saturated rings. The zero-order valence-electron chi connectivity index (χ0n) is 18.2. The van der Waals surface area contributed by atoms with Crippen molar-refractivity contribution in [2.45, 2.75) is 45.6 Å². The number of carbonyl (C=O) groups is 1. The fraction of sp³-hybridized carbons (Fsp3) is 0.360. The van der Waals surface area contributed by atoms with E-state index >= 15 is 0 Å². The summed E-state index contributed by atoms with van der Waals surface area (Å²) in [6, 6.07) is 15.4. The zero-order valence-corrected chi connectivity index (χ0v) is 18.2. The van der Waals surface area contributed by atoms with Crippen molar-refractivity contribution in [3.8, 4) is 17.2 Å². The highest BCUT2D eigenvalue weighted by molar-refractivity contribution is 5.80. The number of allylic oxidation sites excluding steroid dienone is 1. The third-order valence-corrected chi connectivity index (χ3v) is 4.97. The molecular formula is C25H31N3O3. The molecule has 1 atom stereocenters. The number of hydrogen-bond acceptors (Lipinski definition) is 5. The van der Waals surface area contributed by atoms with Gasteiger partial charge in [0.05, 0.1) is 12.3 Å². The highest BCUT2D eigenvalue weighted by Crippen LogP contribution is 2.31. The fourth-order valence-corrected chi connectivity index (χ4v) is 3.01. The van der Waals surface area contributed by atoms with Gasteiger partial charge in [-0.05, 0) is 86.7 Å². The van der Waals surface area contributed by atoms with E-state index in [0.717, 1.165) is 48.0 Å². The summed E-state index contributed by atoms with van der Waals surface area (Å²) >= 11 is 0. The Morgan fingerprint density at radius 3 is 2.61 bits per heavy atom. The van der Waals surface area contributed by atoms with Crippen LogP contribution in [0.5, 0.6) is 17.2 Å². The normalized spacial score (nSPS) is 15.0. The monoisotopic (exact) mass is 421 g/mol. The molecule has 2 aromatic carbocycles. The van der Waals surface area contributed by atoms with Crippen molar-refractivity contribution >= 4 is 17.8 Å². The van der Waals surface area contributed by atoms with Crippen LogP contribution in [0.1, 0.15) is 39.5 Å². The number of nitrogens with two attached hydrogens (primary N) is 1. The summed E-state index contributed by atoms with van der Waals surface area (Å²) in [6.45, 7) is 4.27. The lowest BCUT2D eigenvalue weighted by Gasteiger charge is -2.12. The Morgan fingerprint density at radius 2 is 1.94 bits per heavy atom. The molecule has 31 heavy (non-hydrogen) atoms. The van der Waals surface area contributed by atoms with Crippen molar-refractivity contribution in [1.29, 1.82) is 0 Å². The number of nitrogens with zero attached hydrogens (tertiary/aromatic N) is 1. The molecule has 0 saturated heterocycles. The Morgan fingerprint density at radius 1 is 1.19 bits per heavy atom. The van der Waals surface area contributed by atoms with Crippen molar-refractivity contribution in [2.24, 2.45) is 16.6 Å². The SMILES string of the molecule is CC(=O)NC(C)CCC(C=Nc1ccc(Oc2cccc(OCC3CC3)c2)cc1)=CN. The first-order chi connectivity index (χ1) is 15.0. The van der Waals surface area contributed by atoms with Gasteiger partial charge >= 0.3 is 0 Å². The van der Waals surface area contributed by atoms with E-state index in [4.69, 9.17) is 15.2 Å². The van der Waals surface area contributed by atoms with Crippen molar-refractivity contribution in [1.82, 2.24) is 5.32 Å². The van der Waals surface area contributed by atoms with Gasteiger partial charge in [0.1, 0.15) is 17.2 Å². The lowest BCUT2D eigenvalue weighted by atomic mass is 10.1. The first kappa shape index (κ1) is 22.4. The van der Waals surface area contributed by atoms with Crippen LogP contribution in [0, 0.1) is 5.92 Å². The third-order valence-electron chi connectivity index (χ3n) is 4.97. The lowest BCUT2D eigenvalue weighted by Crippen LogP contribution is -2.30. The topological polar surface area (TPSA) is 85.9 Å². The first-order valence-electron chi connectivity index (χ1n) is 10.7. The van der Waals surface area contributed by atoms with Crippen LogP contribution in [0.4, 0.5) is 5.69 Å². The molecule has 1 aliphatic rings. The van der Waals surface area contributed by atoms with Gasteiger partial charge in [-0.2, -0.15) is 0 Å².